The van der Waals surface area contributed by atoms with Crippen LogP contribution < -0.4 is 5.32 Å². The van der Waals surface area contributed by atoms with Crippen LogP contribution in [0.4, 0.5) is 15.3 Å². The monoisotopic (exact) mass is 383 g/mol. The van der Waals surface area contributed by atoms with Crippen LogP contribution in [0.15, 0.2) is 42.6 Å². The summed E-state index contributed by atoms with van der Waals surface area (Å²) in [5, 5.41) is 2.70. The van der Waals surface area contributed by atoms with E-state index >= 15 is 0 Å². The molecule has 7 heteroatoms. The standard InChI is InChI=1S/C21H25N3O4/c1-21(2,3)28-20(26)24-10-9-16-11-17(12-22-18(16)13-24)23-19(25)27-14-15-7-5-4-6-8-15/h4-8,11-12H,9-10,13-14H2,1-3H3,(H,23,25). The maximum atomic E-state index is 12.2. The van der Waals surface area contributed by atoms with Gasteiger partial charge in [0.05, 0.1) is 24.1 Å². The largest absolute Gasteiger partial charge is 0.444 e. The van der Waals surface area contributed by atoms with Crippen LogP contribution in [0.1, 0.15) is 37.6 Å². The van der Waals surface area contributed by atoms with Crippen LogP contribution in [-0.2, 0) is 29.0 Å². The average molecular weight is 383 g/mol. The Morgan fingerprint density at radius 3 is 2.68 bits per heavy atom. The summed E-state index contributed by atoms with van der Waals surface area (Å²) in [4.78, 5) is 30.3. The van der Waals surface area contributed by atoms with Crippen LogP contribution >= 0.6 is 0 Å². The summed E-state index contributed by atoms with van der Waals surface area (Å²) in [6.07, 6.45) is 1.35. The maximum Gasteiger partial charge on any atom is 0.412 e. The number of nitrogens with one attached hydrogen (secondary N) is 1. The number of nitrogens with zero attached hydrogens (tertiary/aromatic N) is 2. The van der Waals surface area contributed by atoms with Crippen LogP contribution in [-0.4, -0.2) is 34.2 Å². The van der Waals surface area contributed by atoms with E-state index in [2.05, 4.69) is 10.3 Å². The fraction of sp³-hybridized carbons (Fsp3) is 0.381. The molecule has 2 aromatic rings. The zero-order chi connectivity index (χ0) is 20.1. The Morgan fingerprint density at radius 2 is 1.96 bits per heavy atom. The molecule has 3 rings (SSSR count). The van der Waals surface area contributed by atoms with Crippen LogP contribution in [0.2, 0.25) is 0 Å². The van der Waals surface area contributed by atoms with Crippen LogP contribution in [0, 0.1) is 0 Å². The highest BCUT2D eigenvalue weighted by molar-refractivity contribution is 5.84. The lowest BCUT2D eigenvalue weighted by Crippen LogP contribution is -2.40. The SMILES string of the molecule is CC(C)(C)OC(=O)N1CCc2cc(NC(=O)OCc3ccccc3)cnc2C1. The first kappa shape index (κ1) is 19.7. The minimum atomic E-state index is -0.531. The number of aromatic nitrogens is 1. The molecule has 1 N–H and O–H groups in total. The van der Waals surface area contributed by atoms with Gasteiger partial charge in [0.2, 0.25) is 0 Å². The van der Waals surface area contributed by atoms with Crippen molar-refractivity contribution < 1.29 is 19.1 Å². The summed E-state index contributed by atoms with van der Waals surface area (Å²) in [6, 6.07) is 11.4. The van der Waals surface area contributed by atoms with E-state index in [0.29, 0.717) is 25.2 Å². The predicted molar refractivity (Wildman–Crippen MR) is 105 cm³/mol. The summed E-state index contributed by atoms with van der Waals surface area (Å²) >= 11 is 0. The lowest BCUT2D eigenvalue weighted by atomic mass is 10.1. The molecule has 0 bridgehead atoms. The van der Waals surface area contributed by atoms with Gasteiger partial charge < -0.3 is 14.4 Å². The van der Waals surface area contributed by atoms with Gasteiger partial charge in [-0.25, -0.2) is 9.59 Å². The number of carbonyl (C=O) groups is 2. The smallest absolute Gasteiger partial charge is 0.412 e. The molecule has 1 aliphatic heterocycles. The quantitative estimate of drug-likeness (QED) is 0.862. The molecule has 1 aliphatic rings. The molecule has 0 saturated heterocycles. The lowest BCUT2D eigenvalue weighted by Gasteiger charge is -2.30. The van der Waals surface area contributed by atoms with Crippen molar-refractivity contribution in [2.24, 2.45) is 0 Å². The number of carbonyl (C=O) groups excluding carboxylic acids is 2. The van der Waals surface area contributed by atoms with Crippen molar-refractivity contribution in [3.05, 3.63) is 59.4 Å². The third-order valence-electron chi connectivity index (χ3n) is 4.16. The van der Waals surface area contributed by atoms with Crippen LogP contribution in [0.5, 0.6) is 0 Å². The van der Waals surface area contributed by atoms with Crippen LogP contribution in [0.3, 0.4) is 0 Å². The van der Waals surface area contributed by atoms with Gasteiger partial charge in [0, 0.05) is 6.54 Å². The molecule has 0 atom stereocenters. The molecule has 0 aliphatic carbocycles. The number of rotatable bonds is 3. The van der Waals surface area contributed by atoms with Crippen LogP contribution in [0.25, 0.3) is 0 Å². The Bertz CT molecular complexity index is 846. The third-order valence-corrected chi connectivity index (χ3v) is 4.16. The molecular formula is C21H25N3O4. The summed E-state index contributed by atoms with van der Waals surface area (Å²) in [7, 11) is 0. The van der Waals surface area contributed by atoms with E-state index in [4.69, 9.17) is 9.47 Å². The molecule has 2 amide bonds. The van der Waals surface area contributed by atoms with E-state index in [0.717, 1.165) is 16.8 Å². The number of hydrogen-bond donors (Lipinski definition) is 1. The molecule has 28 heavy (non-hydrogen) atoms. The molecule has 1 aromatic heterocycles. The Kier molecular flexibility index (Phi) is 5.82. The first-order valence-corrected chi connectivity index (χ1v) is 9.23. The molecule has 2 heterocycles. The topological polar surface area (TPSA) is 80.8 Å². The first-order chi connectivity index (χ1) is 13.3. The van der Waals surface area contributed by atoms with Gasteiger partial charge in [-0.1, -0.05) is 30.3 Å². The van der Waals surface area contributed by atoms with Crippen molar-refractivity contribution in [2.75, 3.05) is 11.9 Å². The molecule has 0 spiro atoms. The molecule has 148 valence electrons. The van der Waals surface area contributed by atoms with E-state index in [1.165, 1.54) is 0 Å². The van der Waals surface area contributed by atoms with E-state index in [9.17, 15) is 9.59 Å². The minimum Gasteiger partial charge on any atom is -0.444 e. The number of anilines is 1. The zero-order valence-corrected chi connectivity index (χ0v) is 16.4. The summed E-state index contributed by atoms with van der Waals surface area (Å²) in [5.41, 5.74) is 2.77. The van der Waals surface area contributed by atoms with E-state index in [1.807, 2.05) is 57.2 Å². The van der Waals surface area contributed by atoms with Gasteiger partial charge in [0.15, 0.2) is 0 Å². The maximum absolute atomic E-state index is 12.2. The van der Waals surface area contributed by atoms with Crippen molar-refractivity contribution in [1.82, 2.24) is 9.88 Å². The number of fused-ring (bicyclic) bond motifs is 1. The predicted octanol–water partition coefficient (Wildman–Crippen LogP) is 4.12. The third kappa shape index (κ3) is 5.45. The first-order valence-electron chi connectivity index (χ1n) is 9.23. The van der Waals surface area contributed by atoms with Crippen molar-refractivity contribution >= 4 is 17.9 Å². The van der Waals surface area contributed by atoms with Crippen molar-refractivity contribution in [3.8, 4) is 0 Å². The van der Waals surface area contributed by atoms with Gasteiger partial charge in [0.25, 0.3) is 0 Å². The molecule has 1 aromatic carbocycles. The zero-order valence-electron chi connectivity index (χ0n) is 16.4. The molecular weight excluding hydrogens is 358 g/mol. The van der Waals surface area contributed by atoms with Gasteiger partial charge in [0.1, 0.15) is 12.2 Å². The van der Waals surface area contributed by atoms with Crippen molar-refractivity contribution in [1.29, 1.82) is 0 Å². The average Bonchev–Trinajstić information content (AvgIpc) is 2.65. The molecule has 0 radical (unpaired) electrons. The van der Waals surface area contributed by atoms with Crippen molar-refractivity contribution in [2.45, 2.75) is 45.9 Å². The van der Waals surface area contributed by atoms with E-state index in [1.54, 1.807) is 11.1 Å². The fourth-order valence-corrected chi connectivity index (χ4v) is 2.84. The number of pyridine rings is 1. The molecule has 7 nitrogen and oxygen atoms in total. The Morgan fingerprint density at radius 1 is 1.21 bits per heavy atom. The number of benzene rings is 1. The molecule has 0 unspecified atom stereocenters. The molecule has 0 saturated carbocycles. The second kappa shape index (κ2) is 8.29. The van der Waals surface area contributed by atoms with Gasteiger partial charge >= 0.3 is 12.2 Å². The molecule has 0 fully saturated rings. The highest BCUT2D eigenvalue weighted by Gasteiger charge is 2.26. The van der Waals surface area contributed by atoms with Gasteiger partial charge in [-0.3, -0.25) is 10.3 Å². The second-order valence-corrected chi connectivity index (χ2v) is 7.67. The summed E-state index contributed by atoms with van der Waals surface area (Å²) in [6.45, 7) is 6.67. The van der Waals surface area contributed by atoms with E-state index < -0.39 is 11.7 Å². The van der Waals surface area contributed by atoms with Gasteiger partial charge in [-0.15, -0.1) is 0 Å². The number of amides is 2. The van der Waals surface area contributed by atoms with Gasteiger partial charge in [-0.05, 0) is 44.4 Å². The summed E-state index contributed by atoms with van der Waals surface area (Å²) in [5.74, 6) is 0. The van der Waals surface area contributed by atoms with Crippen molar-refractivity contribution in [3.63, 3.8) is 0 Å². The Hall–Kier alpha value is -3.09. The number of ether oxygens (including phenoxy) is 2. The van der Waals surface area contributed by atoms with Gasteiger partial charge in [-0.2, -0.15) is 0 Å². The minimum absolute atomic E-state index is 0.204. The highest BCUT2D eigenvalue weighted by atomic mass is 16.6. The Balaban J connectivity index is 1.56. The van der Waals surface area contributed by atoms with E-state index in [-0.39, 0.29) is 12.7 Å². The number of hydrogen-bond acceptors (Lipinski definition) is 5. The highest BCUT2D eigenvalue weighted by Crippen LogP contribution is 2.22. The lowest BCUT2D eigenvalue weighted by molar-refractivity contribution is 0.0221. The Labute approximate surface area is 164 Å². The summed E-state index contributed by atoms with van der Waals surface area (Å²) < 4.78 is 10.6. The fourth-order valence-electron chi connectivity index (χ4n) is 2.84. The normalized spacial score (nSPS) is 13.5. The second-order valence-electron chi connectivity index (χ2n) is 7.67.